The lowest BCUT2D eigenvalue weighted by atomic mass is 10.2. The van der Waals surface area contributed by atoms with E-state index < -0.39 is 5.69 Å². The van der Waals surface area contributed by atoms with Crippen LogP contribution >= 0.6 is 0 Å². The number of aromatic amines is 2. The van der Waals surface area contributed by atoms with Crippen LogP contribution in [-0.4, -0.2) is 47.3 Å². The van der Waals surface area contributed by atoms with Gasteiger partial charge in [0.2, 0.25) is 0 Å². The summed E-state index contributed by atoms with van der Waals surface area (Å²) < 4.78 is 6.83. The molecule has 0 bridgehead atoms. The number of hydrogen-bond donors (Lipinski definition) is 4. The first-order chi connectivity index (χ1) is 12.5. The van der Waals surface area contributed by atoms with Crippen LogP contribution in [0.4, 0.5) is 5.82 Å². The zero-order valence-electron chi connectivity index (χ0n) is 14.0. The Bertz CT molecular complexity index is 1010. The number of aryl methyl sites for hydroxylation is 1. The number of nitrogen functional groups attached to an aromatic ring is 1. The van der Waals surface area contributed by atoms with Gasteiger partial charge in [0.05, 0.1) is 19.0 Å². The van der Waals surface area contributed by atoms with Crippen molar-refractivity contribution in [1.29, 1.82) is 0 Å². The van der Waals surface area contributed by atoms with Gasteiger partial charge < -0.3 is 20.6 Å². The van der Waals surface area contributed by atoms with Crippen LogP contribution in [0.5, 0.6) is 0 Å². The number of imidazole rings is 1. The fraction of sp³-hybridized carbons (Fsp3) is 0.400. The molecule has 1 fully saturated rings. The molecule has 0 spiro atoms. The number of fused-ring (bicyclic) bond motifs is 1. The van der Waals surface area contributed by atoms with Crippen molar-refractivity contribution in [3.63, 3.8) is 0 Å². The minimum Gasteiger partial charge on any atom is -0.394 e. The second-order valence-corrected chi connectivity index (χ2v) is 5.81. The number of anilines is 1. The number of H-pyrrole nitrogens is 2. The summed E-state index contributed by atoms with van der Waals surface area (Å²) in [4.78, 5) is 39.3. The molecule has 4 rings (SSSR count). The predicted octanol–water partition coefficient (Wildman–Crippen LogP) is -0.550. The van der Waals surface area contributed by atoms with Crippen molar-refractivity contribution in [1.82, 2.24) is 29.5 Å². The van der Waals surface area contributed by atoms with Crippen molar-refractivity contribution in [2.75, 3.05) is 12.3 Å². The maximum absolute atomic E-state index is 11.5. The Morgan fingerprint density at radius 3 is 2.85 bits per heavy atom. The van der Waals surface area contributed by atoms with Crippen molar-refractivity contribution >= 4 is 17.0 Å². The number of nitrogens with two attached hydrogens (primary N) is 1. The largest absolute Gasteiger partial charge is 0.394 e. The van der Waals surface area contributed by atoms with E-state index in [1.807, 2.05) is 0 Å². The molecule has 0 amide bonds. The molecule has 0 aromatic carbocycles. The topological polar surface area (TPSA) is 165 Å². The zero-order valence-corrected chi connectivity index (χ0v) is 14.0. The molecule has 0 aliphatic carbocycles. The number of nitrogens with one attached hydrogen (secondary N) is 2. The number of aromatic nitrogens is 6. The number of aliphatic hydroxyl groups is 1. The third-order valence-corrected chi connectivity index (χ3v) is 4.00. The second-order valence-electron chi connectivity index (χ2n) is 5.81. The molecule has 3 aromatic rings. The highest BCUT2D eigenvalue weighted by Gasteiger charge is 2.26. The van der Waals surface area contributed by atoms with Gasteiger partial charge in [0, 0.05) is 11.8 Å². The van der Waals surface area contributed by atoms with Crippen LogP contribution in [0.3, 0.4) is 0 Å². The van der Waals surface area contributed by atoms with Crippen LogP contribution < -0.4 is 17.0 Å². The van der Waals surface area contributed by atoms with Crippen molar-refractivity contribution in [2.24, 2.45) is 0 Å². The first-order valence-electron chi connectivity index (χ1n) is 7.97. The van der Waals surface area contributed by atoms with Gasteiger partial charge >= 0.3 is 5.69 Å². The molecular weight excluding hydrogens is 342 g/mol. The number of aliphatic hydroxyl groups excluding tert-OH is 1. The fourth-order valence-corrected chi connectivity index (χ4v) is 2.61. The van der Waals surface area contributed by atoms with Crippen molar-refractivity contribution in [3.05, 3.63) is 45.3 Å². The molecular formula is C15H19N7O4. The molecule has 138 valence electrons. The van der Waals surface area contributed by atoms with Gasteiger partial charge in [-0.15, -0.1) is 0 Å². The van der Waals surface area contributed by atoms with Gasteiger partial charge in [0.25, 0.3) is 5.56 Å². The summed E-state index contributed by atoms with van der Waals surface area (Å²) in [6, 6.07) is 0. The Hall–Kier alpha value is -3.05. The summed E-state index contributed by atoms with van der Waals surface area (Å²) in [6.45, 7) is 1.58. The summed E-state index contributed by atoms with van der Waals surface area (Å²) >= 11 is 0. The van der Waals surface area contributed by atoms with Gasteiger partial charge in [0.15, 0.2) is 11.5 Å². The summed E-state index contributed by atoms with van der Waals surface area (Å²) in [5.41, 5.74) is 6.40. The summed E-state index contributed by atoms with van der Waals surface area (Å²) in [5.74, 6) is 0.433. The molecule has 1 saturated heterocycles. The van der Waals surface area contributed by atoms with E-state index in [0.717, 1.165) is 0 Å². The van der Waals surface area contributed by atoms with E-state index >= 15 is 0 Å². The van der Waals surface area contributed by atoms with Crippen LogP contribution in [0.2, 0.25) is 0 Å². The maximum Gasteiger partial charge on any atom is 0.330 e. The molecule has 1 aliphatic heterocycles. The van der Waals surface area contributed by atoms with Crippen LogP contribution in [0.1, 0.15) is 24.6 Å². The summed E-state index contributed by atoms with van der Waals surface area (Å²) in [7, 11) is 0. The average Bonchev–Trinajstić information content (AvgIpc) is 3.28. The summed E-state index contributed by atoms with van der Waals surface area (Å²) in [5, 5.41) is 8.93. The van der Waals surface area contributed by atoms with E-state index in [1.54, 1.807) is 6.92 Å². The van der Waals surface area contributed by atoms with Gasteiger partial charge in [-0.2, -0.15) is 0 Å². The van der Waals surface area contributed by atoms with E-state index in [-0.39, 0.29) is 24.5 Å². The minimum atomic E-state index is -0.473. The molecule has 3 aromatic heterocycles. The number of rotatable bonds is 2. The van der Waals surface area contributed by atoms with Gasteiger partial charge in [-0.3, -0.25) is 14.3 Å². The van der Waals surface area contributed by atoms with Crippen molar-refractivity contribution < 1.29 is 9.84 Å². The SMILES string of the molecule is Cc1cn([C@H]2CC[C@@H](CO)O2)c(=O)[nH]c1=O.Nc1ncnc2nc[nH]c12. The molecule has 26 heavy (non-hydrogen) atoms. The smallest absolute Gasteiger partial charge is 0.330 e. The second kappa shape index (κ2) is 7.45. The molecule has 0 saturated carbocycles. The number of ether oxygens (including phenoxy) is 1. The number of hydrogen-bond acceptors (Lipinski definition) is 8. The van der Waals surface area contributed by atoms with Crippen molar-refractivity contribution in [2.45, 2.75) is 32.1 Å². The molecule has 0 radical (unpaired) electrons. The van der Waals surface area contributed by atoms with Gasteiger partial charge in [-0.1, -0.05) is 0 Å². The molecule has 2 atom stereocenters. The minimum absolute atomic E-state index is 0.0480. The Morgan fingerprint density at radius 2 is 2.15 bits per heavy atom. The normalized spacial score (nSPS) is 19.3. The Labute approximate surface area is 146 Å². The lowest BCUT2D eigenvalue weighted by Crippen LogP contribution is -2.33. The monoisotopic (exact) mass is 361 g/mol. The maximum atomic E-state index is 11.5. The Balaban J connectivity index is 0.000000167. The first-order valence-corrected chi connectivity index (χ1v) is 7.97. The van der Waals surface area contributed by atoms with E-state index in [9.17, 15) is 9.59 Å². The average molecular weight is 361 g/mol. The number of nitrogens with zero attached hydrogens (tertiary/aromatic N) is 4. The Kier molecular flexibility index (Phi) is 5.09. The third kappa shape index (κ3) is 3.63. The van der Waals surface area contributed by atoms with Crippen molar-refractivity contribution in [3.8, 4) is 0 Å². The van der Waals surface area contributed by atoms with Crippen LogP contribution in [0.25, 0.3) is 11.2 Å². The van der Waals surface area contributed by atoms with Crippen LogP contribution in [0, 0.1) is 6.92 Å². The van der Waals surface area contributed by atoms with E-state index in [2.05, 4.69) is 24.9 Å². The van der Waals surface area contributed by atoms with Crippen LogP contribution in [-0.2, 0) is 4.74 Å². The summed E-state index contributed by atoms with van der Waals surface area (Å²) in [6.07, 6.45) is 5.19. The zero-order chi connectivity index (χ0) is 18.7. The molecule has 11 nitrogen and oxygen atoms in total. The highest BCUT2D eigenvalue weighted by atomic mass is 16.5. The van der Waals surface area contributed by atoms with Gasteiger partial charge in [0.1, 0.15) is 18.1 Å². The fourth-order valence-electron chi connectivity index (χ4n) is 2.61. The highest BCUT2D eigenvalue weighted by Crippen LogP contribution is 2.26. The molecule has 0 unspecified atom stereocenters. The van der Waals surface area contributed by atoms with E-state index in [1.165, 1.54) is 23.4 Å². The van der Waals surface area contributed by atoms with E-state index in [4.69, 9.17) is 15.6 Å². The van der Waals surface area contributed by atoms with Gasteiger partial charge in [-0.05, 0) is 19.8 Å². The standard InChI is InChI=1S/C10H14N2O4.C5H5N5/c1-6-4-12(10(15)11-9(6)14)8-3-2-7(5-13)16-8;6-4-3-5(9-1-7-3)10-2-8-4/h4,7-8,13H,2-3,5H2,1H3,(H,11,14,15);1-2H,(H3,6,7,8,9,10)/t7-,8+;/m0./s1. The van der Waals surface area contributed by atoms with Gasteiger partial charge in [-0.25, -0.2) is 19.7 Å². The quantitative estimate of drug-likeness (QED) is 0.472. The highest BCUT2D eigenvalue weighted by molar-refractivity contribution is 5.80. The molecule has 11 heteroatoms. The predicted molar refractivity (Wildman–Crippen MR) is 92.4 cm³/mol. The first kappa shape index (κ1) is 17.8. The lowest BCUT2D eigenvalue weighted by molar-refractivity contribution is -0.0247. The Morgan fingerprint density at radius 1 is 1.35 bits per heavy atom. The molecule has 5 N–H and O–H groups in total. The lowest BCUT2D eigenvalue weighted by Gasteiger charge is -2.14. The molecule has 1 aliphatic rings. The molecule has 4 heterocycles. The third-order valence-electron chi connectivity index (χ3n) is 4.00. The van der Waals surface area contributed by atoms with Crippen LogP contribution in [0.15, 0.2) is 28.4 Å². The van der Waals surface area contributed by atoms with E-state index in [0.29, 0.717) is 35.4 Å².